The highest BCUT2D eigenvalue weighted by molar-refractivity contribution is 6.30. The molecule has 0 unspecified atom stereocenters. The first kappa shape index (κ1) is 25.5. The van der Waals surface area contributed by atoms with Crippen molar-refractivity contribution in [2.45, 2.75) is 58.7 Å². The molecular weight excluding hydrogens is 458 g/mol. The average Bonchev–Trinajstić information content (AvgIpc) is 2.73. The topological polar surface area (TPSA) is 40.2 Å². The second-order valence-corrected chi connectivity index (χ2v) is 10.2. The highest BCUT2D eigenvalue weighted by Gasteiger charge is 2.25. The Kier molecular flexibility index (Phi) is 8.09. The van der Waals surface area contributed by atoms with Crippen LogP contribution >= 0.6 is 24.0 Å². The molecule has 7 heteroatoms. The van der Waals surface area contributed by atoms with E-state index in [4.69, 9.17) is 11.6 Å². The van der Waals surface area contributed by atoms with E-state index in [9.17, 15) is 4.39 Å². The van der Waals surface area contributed by atoms with E-state index in [-0.39, 0.29) is 23.8 Å². The standard InChI is InChI=1S/C26H32ClFN4.ClH/c1-17-13-21-23(32-11-9-20(10-12-32)31-26(2,3)4)15-24(30-25(21)22(28)14-17)29-16-18-5-7-19(27)8-6-18;/h5-8,13-15,20,31H,9-12,16H2,1-4H3,(H,29,30);1H. The number of nitrogens with zero attached hydrogens (tertiary/aromatic N) is 2. The van der Waals surface area contributed by atoms with Crippen LogP contribution in [0.4, 0.5) is 15.9 Å². The summed E-state index contributed by atoms with van der Waals surface area (Å²) < 4.78 is 14.9. The number of rotatable bonds is 5. The van der Waals surface area contributed by atoms with Crippen LogP contribution in [0, 0.1) is 12.7 Å². The van der Waals surface area contributed by atoms with Gasteiger partial charge in [-0.1, -0.05) is 23.7 Å². The van der Waals surface area contributed by atoms with Crippen molar-refractivity contribution in [2.75, 3.05) is 23.3 Å². The summed E-state index contributed by atoms with van der Waals surface area (Å²) in [4.78, 5) is 6.99. The molecule has 4 rings (SSSR count). The van der Waals surface area contributed by atoms with Crippen molar-refractivity contribution in [3.8, 4) is 0 Å². The number of aryl methyl sites for hydroxylation is 1. The van der Waals surface area contributed by atoms with Crippen molar-refractivity contribution in [1.29, 1.82) is 0 Å². The molecule has 0 radical (unpaired) electrons. The Hall–Kier alpha value is -2.08. The number of pyridine rings is 1. The molecule has 1 fully saturated rings. The summed E-state index contributed by atoms with van der Waals surface area (Å²) in [6.45, 7) is 11.0. The molecule has 3 aromatic rings. The summed E-state index contributed by atoms with van der Waals surface area (Å²) >= 11 is 5.99. The maximum atomic E-state index is 14.9. The van der Waals surface area contributed by atoms with Crippen molar-refractivity contribution < 1.29 is 4.39 Å². The lowest BCUT2D eigenvalue weighted by Crippen LogP contribution is -2.49. The van der Waals surface area contributed by atoms with Crippen LogP contribution in [0.25, 0.3) is 10.9 Å². The molecule has 178 valence electrons. The number of fused-ring (bicyclic) bond motifs is 1. The van der Waals surface area contributed by atoms with Crippen LogP contribution in [0.2, 0.25) is 5.02 Å². The largest absolute Gasteiger partial charge is 0.371 e. The molecule has 1 aromatic heterocycles. The molecule has 1 aliphatic heterocycles. The molecule has 0 bridgehead atoms. The van der Waals surface area contributed by atoms with E-state index in [2.05, 4.69) is 47.4 Å². The Morgan fingerprint density at radius 1 is 1.09 bits per heavy atom. The molecule has 0 atom stereocenters. The lowest BCUT2D eigenvalue weighted by Gasteiger charge is -2.37. The minimum Gasteiger partial charge on any atom is -0.371 e. The lowest BCUT2D eigenvalue weighted by atomic mass is 9.99. The Morgan fingerprint density at radius 3 is 2.39 bits per heavy atom. The predicted molar refractivity (Wildman–Crippen MR) is 141 cm³/mol. The fourth-order valence-electron chi connectivity index (χ4n) is 4.43. The molecule has 4 nitrogen and oxygen atoms in total. The fraction of sp³-hybridized carbons (Fsp3) is 0.423. The summed E-state index contributed by atoms with van der Waals surface area (Å²) in [6.07, 6.45) is 2.12. The van der Waals surface area contributed by atoms with Gasteiger partial charge in [0.2, 0.25) is 0 Å². The Labute approximate surface area is 207 Å². The number of halogens is 3. The first-order chi connectivity index (χ1) is 15.2. The number of hydrogen-bond acceptors (Lipinski definition) is 4. The van der Waals surface area contributed by atoms with Gasteiger partial charge in [0, 0.05) is 53.4 Å². The Bertz CT molecular complexity index is 1090. The normalized spacial score (nSPS) is 14.9. The minimum atomic E-state index is -0.277. The highest BCUT2D eigenvalue weighted by Crippen LogP contribution is 2.33. The first-order valence-electron chi connectivity index (χ1n) is 11.3. The molecular formula is C26H33Cl2FN4. The van der Waals surface area contributed by atoms with Crippen LogP contribution < -0.4 is 15.5 Å². The molecule has 1 aliphatic rings. The summed E-state index contributed by atoms with van der Waals surface area (Å²) in [5, 5.41) is 8.68. The van der Waals surface area contributed by atoms with Gasteiger partial charge in [-0.2, -0.15) is 0 Å². The van der Waals surface area contributed by atoms with Crippen LogP contribution in [-0.2, 0) is 6.54 Å². The van der Waals surface area contributed by atoms with E-state index < -0.39 is 0 Å². The van der Waals surface area contributed by atoms with Crippen molar-refractivity contribution in [2.24, 2.45) is 0 Å². The predicted octanol–water partition coefficient (Wildman–Crippen LogP) is 6.73. The highest BCUT2D eigenvalue weighted by atomic mass is 35.5. The summed E-state index contributed by atoms with van der Waals surface area (Å²) in [5.41, 5.74) is 3.57. The Morgan fingerprint density at radius 2 is 1.76 bits per heavy atom. The third-order valence-electron chi connectivity index (χ3n) is 5.85. The second-order valence-electron chi connectivity index (χ2n) is 9.81. The molecule has 1 saturated heterocycles. The second kappa shape index (κ2) is 10.5. The van der Waals surface area contributed by atoms with E-state index in [1.165, 1.54) is 0 Å². The molecule has 2 aromatic carbocycles. The number of benzene rings is 2. The van der Waals surface area contributed by atoms with Gasteiger partial charge < -0.3 is 15.5 Å². The van der Waals surface area contributed by atoms with Gasteiger partial charge >= 0.3 is 0 Å². The van der Waals surface area contributed by atoms with E-state index in [0.29, 0.717) is 28.9 Å². The zero-order valence-electron chi connectivity index (χ0n) is 19.7. The average molecular weight is 491 g/mol. The van der Waals surface area contributed by atoms with Crippen LogP contribution in [0.15, 0.2) is 42.5 Å². The van der Waals surface area contributed by atoms with Gasteiger partial charge in [0.15, 0.2) is 0 Å². The quantitative estimate of drug-likeness (QED) is 0.415. The maximum absolute atomic E-state index is 14.9. The fourth-order valence-corrected chi connectivity index (χ4v) is 4.55. The molecule has 0 saturated carbocycles. The molecule has 0 amide bonds. The van der Waals surface area contributed by atoms with Crippen LogP contribution in [-0.4, -0.2) is 29.7 Å². The van der Waals surface area contributed by atoms with E-state index in [1.54, 1.807) is 6.07 Å². The number of nitrogens with one attached hydrogen (secondary N) is 2. The molecule has 2 heterocycles. The molecule has 0 aliphatic carbocycles. The number of anilines is 2. The van der Waals surface area contributed by atoms with E-state index in [1.807, 2.05) is 37.3 Å². The van der Waals surface area contributed by atoms with Gasteiger partial charge in [0.05, 0.1) is 0 Å². The number of hydrogen-bond donors (Lipinski definition) is 2. The van der Waals surface area contributed by atoms with Crippen LogP contribution in [0.1, 0.15) is 44.7 Å². The molecule has 33 heavy (non-hydrogen) atoms. The lowest BCUT2D eigenvalue weighted by molar-refractivity contribution is 0.317. The summed E-state index contributed by atoms with van der Waals surface area (Å²) in [7, 11) is 0. The van der Waals surface area contributed by atoms with Crippen LogP contribution in [0.5, 0.6) is 0 Å². The SMILES string of the molecule is Cc1cc(F)c2nc(NCc3ccc(Cl)cc3)cc(N3CCC(NC(C)(C)C)CC3)c2c1.Cl. The van der Waals surface area contributed by atoms with Crippen molar-refractivity contribution >= 4 is 46.4 Å². The monoisotopic (exact) mass is 490 g/mol. The zero-order valence-corrected chi connectivity index (χ0v) is 21.3. The van der Waals surface area contributed by atoms with Gasteiger partial charge in [-0.3, -0.25) is 0 Å². The first-order valence-corrected chi connectivity index (χ1v) is 11.7. The van der Waals surface area contributed by atoms with Gasteiger partial charge in [0.25, 0.3) is 0 Å². The van der Waals surface area contributed by atoms with Gasteiger partial charge in [0.1, 0.15) is 17.2 Å². The summed E-state index contributed by atoms with van der Waals surface area (Å²) in [5.74, 6) is 0.404. The maximum Gasteiger partial charge on any atom is 0.149 e. The minimum absolute atomic E-state index is 0. The number of aromatic nitrogens is 1. The van der Waals surface area contributed by atoms with E-state index in [0.717, 1.165) is 48.1 Å². The smallest absolute Gasteiger partial charge is 0.149 e. The van der Waals surface area contributed by atoms with Crippen molar-refractivity contribution in [3.63, 3.8) is 0 Å². The zero-order chi connectivity index (χ0) is 22.9. The third kappa shape index (κ3) is 6.50. The van der Waals surface area contributed by atoms with Crippen molar-refractivity contribution in [3.05, 3.63) is 64.4 Å². The van der Waals surface area contributed by atoms with Crippen LogP contribution in [0.3, 0.4) is 0 Å². The van der Waals surface area contributed by atoms with Gasteiger partial charge in [-0.15, -0.1) is 12.4 Å². The third-order valence-corrected chi connectivity index (χ3v) is 6.10. The van der Waals surface area contributed by atoms with Gasteiger partial charge in [-0.25, -0.2) is 9.37 Å². The Balaban J connectivity index is 0.00000306. The van der Waals surface area contributed by atoms with Gasteiger partial charge in [-0.05, 0) is 75.9 Å². The molecule has 2 N–H and O–H groups in total. The summed E-state index contributed by atoms with van der Waals surface area (Å²) in [6, 6.07) is 13.9. The van der Waals surface area contributed by atoms with Crippen molar-refractivity contribution in [1.82, 2.24) is 10.3 Å². The number of piperidine rings is 1. The van der Waals surface area contributed by atoms with E-state index >= 15 is 0 Å². The molecule has 0 spiro atoms.